The first-order valence-corrected chi connectivity index (χ1v) is 8.62. The second kappa shape index (κ2) is 18.2. The van der Waals surface area contributed by atoms with Crippen LogP contribution in [-0.2, 0) is 28.7 Å². The highest BCUT2D eigenvalue weighted by Gasteiger charge is 1.99. The van der Waals surface area contributed by atoms with Crippen molar-refractivity contribution in [1.29, 1.82) is 0 Å². The summed E-state index contributed by atoms with van der Waals surface area (Å²) in [6.45, 7) is 3.61. The topological polar surface area (TPSA) is 133 Å². The van der Waals surface area contributed by atoms with Gasteiger partial charge in [0.15, 0.2) is 0 Å². The monoisotopic (exact) mass is 410 g/mol. The van der Waals surface area contributed by atoms with Gasteiger partial charge < -0.3 is 38.2 Å². The van der Waals surface area contributed by atoms with Gasteiger partial charge in [0.05, 0.1) is 94.4 Å². The van der Waals surface area contributed by atoms with Crippen LogP contribution in [0, 0.1) is 0 Å². The molecule has 0 saturated carbocycles. The van der Waals surface area contributed by atoms with E-state index in [1.165, 1.54) is 0 Å². The zero-order chi connectivity index (χ0) is 23.6. The Morgan fingerprint density at radius 3 is 0.893 bits per heavy atom. The summed E-state index contributed by atoms with van der Waals surface area (Å²) in [7, 11) is 17.0. The van der Waals surface area contributed by atoms with E-state index in [0.717, 1.165) is 8.97 Å². The molecular formula is C18H38N2O8. The van der Waals surface area contributed by atoms with Gasteiger partial charge in [-0.3, -0.25) is 9.59 Å². The minimum absolute atomic E-state index is 0.201. The Balaban J connectivity index is -0.000000143. The normalized spacial score (nSPS) is 9.79. The number of aliphatic carboxylic acids is 2. The van der Waals surface area contributed by atoms with Crippen molar-refractivity contribution in [3.8, 4) is 0 Å². The minimum atomic E-state index is -1.41. The van der Waals surface area contributed by atoms with Crippen molar-refractivity contribution in [2.75, 3.05) is 69.6 Å². The van der Waals surface area contributed by atoms with Crippen molar-refractivity contribution in [2.45, 2.75) is 26.7 Å². The second-order valence-corrected chi connectivity index (χ2v) is 8.07. The van der Waals surface area contributed by atoms with Crippen molar-refractivity contribution in [3.05, 3.63) is 0 Å². The van der Waals surface area contributed by atoms with Crippen LogP contribution in [0.3, 0.4) is 0 Å². The Labute approximate surface area is 168 Å². The summed E-state index contributed by atoms with van der Waals surface area (Å²) in [4.78, 5) is 39.8. The van der Waals surface area contributed by atoms with Gasteiger partial charge in [-0.25, -0.2) is 0 Å². The largest absolute Gasteiger partial charge is 0.550 e. The summed E-state index contributed by atoms with van der Waals surface area (Å²) in [6, 6.07) is 0. The van der Waals surface area contributed by atoms with Crippen LogP contribution in [0.5, 0.6) is 0 Å². The van der Waals surface area contributed by atoms with Crippen LogP contribution in [0.4, 0.5) is 0 Å². The molecule has 10 heteroatoms. The van der Waals surface area contributed by atoms with Gasteiger partial charge in [-0.1, -0.05) is 0 Å². The molecule has 0 N–H and O–H groups in total. The van der Waals surface area contributed by atoms with Crippen molar-refractivity contribution in [2.24, 2.45) is 0 Å². The highest BCUT2D eigenvalue weighted by Crippen LogP contribution is 1.83. The van der Waals surface area contributed by atoms with Crippen LogP contribution in [0.25, 0.3) is 0 Å². The standard InChI is InChI=1S/2C5H8O4.2C4H12N/c2*1-2-9-5(8)3-4(6)7;2*1-5(2,3)4/h2*2-3H2,1H3,(H,6,7);2*1-4H3/q;;2*+1/p-2. The van der Waals surface area contributed by atoms with Gasteiger partial charge in [0, 0.05) is 0 Å². The van der Waals surface area contributed by atoms with E-state index in [0.29, 0.717) is 0 Å². The lowest BCUT2D eigenvalue weighted by Crippen LogP contribution is -2.27. The molecular weight excluding hydrogens is 372 g/mol. The third kappa shape index (κ3) is 88.9. The van der Waals surface area contributed by atoms with Gasteiger partial charge >= 0.3 is 11.9 Å². The van der Waals surface area contributed by atoms with Crippen molar-refractivity contribution in [1.82, 2.24) is 0 Å². The Morgan fingerprint density at radius 1 is 0.607 bits per heavy atom. The van der Waals surface area contributed by atoms with Gasteiger partial charge in [-0.05, 0) is 13.8 Å². The summed E-state index contributed by atoms with van der Waals surface area (Å²) in [6.07, 6.45) is -1.32. The molecule has 0 aromatic rings. The molecule has 0 unspecified atom stereocenters. The molecule has 0 spiro atoms. The lowest BCUT2D eigenvalue weighted by molar-refractivity contribution is -0.849. The minimum Gasteiger partial charge on any atom is -0.550 e. The Morgan fingerprint density at radius 2 is 0.786 bits per heavy atom. The molecule has 0 aliphatic rings. The molecule has 0 saturated heterocycles. The summed E-state index contributed by atoms with van der Waals surface area (Å²) in [5.74, 6) is -4.32. The molecule has 0 radical (unpaired) electrons. The van der Waals surface area contributed by atoms with E-state index in [1.807, 2.05) is 0 Å². The van der Waals surface area contributed by atoms with Gasteiger partial charge in [-0.2, -0.15) is 0 Å². The molecule has 0 bridgehead atoms. The van der Waals surface area contributed by atoms with Gasteiger partial charge in [0.2, 0.25) is 0 Å². The first-order valence-electron chi connectivity index (χ1n) is 8.62. The Kier molecular flexibility index (Phi) is 21.7. The smallest absolute Gasteiger partial charge is 0.311 e. The van der Waals surface area contributed by atoms with Crippen molar-refractivity contribution in [3.63, 3.8) is 0 Å². The number of hydrogen-bond donors (Lipinski definition) is 0. The summed E-state index contributed by atoms with van der Waals surface area (Å²) in [5, 5.41) is 19.3. The van der Waals surface area contributed by atoms with Crippen LogP contribution in [0.15, 0.2) is 0 Å². The molecule has 0 aliphatic heterocycles. The van der Waals surface area contributed by atoms with Crippen molar-refractivity contribution >= 4 is 23.9 Å². The molecule has 168 valence electrons. The van der Waals surface area contributed by atoms with E-state index in [4.69, 9.17) is 0 Å². The average molecular weight is 411 g/mol. The first-order chi connectivity index (χ1) is 12.3. The molecule has 0 amide bonds. The summed E-state index contributed by atoms with van der Waals surface area (Å²) in [5.41, 5.74) is 0. The van der Waals surface area contributed by atoms with Crippen LogP contribution < -0.4 is 10.2 Å². The number of carboxylic acids is 2. The molecule has 0 aromatic carbocycles. The molecule has 28 heavy (non-hydrogen) atoms. The summed E-state index contributed by atoms with van der Waals surface area (Å²) >= 11 is 0. The van der Waals surface area contributed by atoms with E-state index >= 15 is 0 Å². The number of esters is 2. The molecule has 0 aromatic heterocycles. The fraction of sp³-hybridized carbons (Fsp3) is 0.778. The van der Waals surface area contributed by atoms with E-state index in [9.17, 15) is 29.4 Å². The van der Waals surface area contributed by atoms with Gasteiger partial charge in [0.1, 0.15) is 0 Å². The van der Waals surface area contributed by atoms with Crippen LogP contribution in [0.2, 0.25) is 0 Å². The molecule has 0 aliphatic carbocycles. The quantitative estimate of drug-likeness (QED) is 0.280. The fourth-order valence-corrected chi connectivity index (χ4v) is 0.660. The molecule has 0 fully saturated rings. The summed E-state index contributed by atoms with van der Waals surface area (Å²) < 4.78 is 10.6. The predicted octanol–water partition coefficient (Wildman–Crippen LogP) is -1.98. The van der Waals surface area contributed by atoms with E-state index < -0.39 is 36.7 Å². The van der Waals surface area contributed by atoms with Gasteiger partial charge in [-0.15, -0.1) is 0 Å². The lowest BCUT2D eigenvalue weighted by atomic mass is 10.4. The maximum absolute atomic E-state index is 10.2. The highest BCUT2D eigenvalue weighted by atomic mass is 16.5. The zero-order valence-electron chi connectivity index (χ0n) is 19.0. The zero-order valence-corrected chi connectivity index (χ0v) is 19.0. The Bertz CT molecular complexity index is 397. The lowest BCUT2D eigenvalue weighted by Gasteiger charge is -2.14. The number of nitrogens with zero attached hydrogens (tertiary/aromatic N) is 2. The maximum atomic E-state index is 10.2. The van der Waals surface area contributed by atoms with E-state index in [1.54, 1.807) is 13.8 Å². The van der Waals surface area contributed by atoms with Crippen LogP contribution in [0.1, 0.15) is 26.7 Å². The third-order valence-electron chi connectivity index (χ3n) is 1.19. The number of carbonyl (C=O) groups excluding carboxylic acids is 4. The molecule has 0 rings (SSSR count). The van der Waals surface area contributed by atoms with Crippen LogP contribution in [-0.4, -0.2) is 102 Å². The third-order valence-corrected chi connectivity index (χ3v) is 1.19. The van der Waals surface area contributed by atoms with Crippen LogP contribution >= 0.6 is 0 Å². The molecule has 0 atom stereocenters. The highest BCUT2D eigenvalue weighted by molar-refractivity contribution is 5.89. The SMILES string of the molecule is CCOC(=O)CC(=O)[O-].CCOC(=O)CC(=O)[O-].C[N+](C)(C)C.C[N+](C)(C)C. The predicted molar refractivity (Wildman–Crippen MR) is 100 cm³/mol. The molecule has 0 heterocycles. The average Bonchev–Trinajstić information content (AvgIpc) is 2.33. The number of ether oxygens (including phenoxy) is 2. The number of hydrogen-bond acceptors (Lipinski definition) is 8. The van der Waals surface area contributed by atoms with Crippen molar-refractivity contribution < 1.29 is 47.8 Å². The Hall–Kier alpha value is -2.20. The second-order valence-electron chi connectivity index (χ2n) is 8.07. The number of carbonyl (C=O) groups is 4. The first kappa shape index (κ1) is 33.4. The van der Waals surface area contributed by atoms with Gasteiger partial charge in [0.25, 0.3) is 0 Å². The van der Waals surface area contributed by atoms with E-state index in [-0.39, 0.29) is 13.2 Å². The number of carboxylic acid groups (broad SMARTS) is 2. The van der Waals surface area contributed by atoms with E-state index in [2.05, 4.69) is 65.9 Å². The number of quaternary nitrogens is 2. The number of rotatable bonds is 6. The fourth-order valence-electron chi connectivity index (χ4n) is 0.660. The molecule has 10 nitrogen and oxygen atoms in total. The maximum Gasteiger partial charge on any atom is 0.311 e.